The normalized spacial score (nSPS) is 14.6. The topological polar surface area (TPSA) is 76.5 Å². The highest BCUT2D eigenvalue weighted by atomic mass is 19.1. The van der Waals surface area contributed by atoms with E-state index in [4.69, 9.17) is 4.74 Å². The van der Waals surface area contributed by atoms with Crippen molar-refractivity contribution in [2.45, 2.75) is 45.1 Å². The van der Waals surface area contributed by atoms with Gasteiger partial charge in [-0.1, -0.05) is 30.3 Å². The van der Waals surface area contributed by atoms with Gasteiger partial charge in [-0.05, 0) is 57.9 Å². The van der Waals surface area contributed by atoms with Crippen molar-refractivity contribution >= 4 is 17.7 Å². The molecule has 2 heterocycles. The van der Waals surface area contributed by atoms with Crippen molar-refractivity contribution in [2.75, 3.05) is 18.4 Å². The number of benzene rings is 2. The molecule has 7 nitrogen and oxygen atoms in total. The fraction of sp³-hybridized carbons (Fsp3) is 0.346. The Bertz CT molecular complexity index is 1160. The molecule has 0 atom stereocenters. The maximum absolute atomic E-state index is 14.1. The summed E-state index contributed by atoms with van der Waals surface area (Å²) in [5, 5.41) is 7.18. The van der Waals surface area contributed by atoms with Crippen LogP contribution in [-0.2, 0) is 4.74 Å². The van der Waals surface area contributed by atoms with Gasteiger partial charge >= 0.3 is 6.09 Å². The maximum atomic E-state index is 14.1. The Morgan fingerprint density at radius 2 is 1.68 bits per heavy atom. The number of nitrogens with zero attached hydrogens (tertiary/aromatic N) is 3. The van der Waals surface area contributed by atoms with Gasteiger partial charge in [0, 0.05) is 19.0 Å². The molecule has 0 spiro atoms. The molecule has 1 aliphatic heterocycles. The van der Waals surface area contributed by atoms with Gasteiger partial charge in [0.15, 0.2) is 0 Å². The van der Waals surface area contributed by atoms with Crippen LogP contribution in [0.2, 0.25) is 0 Å². The molecule has 0 unspecified atom stereocenters. The van der Waals surface area contributed by atoms with E-state index in [1.54, 1.807) is 21.7 Å². The van der Waals surface area contributed by atoms with E-state index in [0.717, 1.165) is 11.4 Å². The Hall–Kier alpha value is -3.68. The van der Waals surface area contributed by atoms with E-state index in [0.29, 0.717) is 31.5 Å². The number of hydrogen-bond donors (Lipinski definition) is 1. The lowest BCUT2D eigenvalue weighted by Gasteiger charge is -2.34. The molecule has 34 heavy (non-hydrogen) atoms. The van der Waals surface area contributed by atoms with Crippen LogP contribution >= 0.6 is 0 Å². The van der Waals surface area contributed by atoms with Crippen molar-refractivity contribution in [3.05, 3.63) is 77.9 Å². The predicted octanol–water partition coefficient (Wildman–Crippen LogP) is 5.38. The zero-order chi connectivity index (χ0) is 24.3. The number of rotatable bonds is 4. The molecule has 8 heteroatoms. The number of amides is 2. The van der Waals surface area contributed by atoms with E-state index in [-0.39, 0.29) is 17.7 Å². The van der Waals surface area contributed by atoms with Crippen LogP contribution in [0.15, 0.2) is 60.8 Å². The molecular formula is C26H29FN4O3. The molecule has 1 N–H and O–H groups in total. The number of hydrogen-bond acceptors (Lipinski definition) is 4. The third-order valence-electron chi connectivity index (χ3n) is 5.71. The second kappa shape index (κ2) is 9.67. The number of halogens is 1. The van der Waals surface area contributed by atoms with Crippen molar-refractivity contribution < 1.29 is 18.7 Å². The standard InChI is InChI=1S/C26H29FN4O3/c1-26(2,3)34-25(33)30-15-13-18(14-16-30)23-20(17-28-31(23)19-9-5-4-6-10-19)24(32)29-22-12-8-7-11-21(22)27/h4-12,17-18H,13-16H2,1-3H3,(H,29,32). The molecule has 2 amide bonds. The zero-order valence-electron chi connectivity index (χ0n) is 19.6. The Morgan fingerprint density at radius 1 is 1.03 bits per heavy atom. The van der Waals surface area contributed by atoms with Gasteiger partial charge in [0.25, 0.3) is 5.91 Å². The molecule has 1 saturated heterocycles. The SMILES string of the molecule is CC(C)(C)OC(=O)N1CCC(c2c(C(=O)Nc3ccccc3F)cnn2-c2ccccc2)CC1. The lowest BCUT2D eigenvalue weighted by atomic mass is 9.90. The van der Waals surface area contributed by atoms with E-state index < -0.39 is 17.3 Å². The van der Waals surface area contributed by atoms with Gasteiger partial charge in [-0.3, -0.25) is 4.79 Å². The molecule has 3 aromatic rings. The lowest BCUT2D eigenvalue weighted by molar-refractivity contribution is 0.0203. The summed E-state index contributed by atoms with van der Waals surface area (Å²) >= 11 is 0. The lowest BCUT2D eigenvalue weighted by Crippen LogP contribution is -2.41. The first-order valence-electron chi connectivity index (χ1n) is 11.4. The smallest absolute Gasteiger partial charge is 0.410 e. The fourth-order valence-electron chi connectivity index (χ4n) is 4.11. The summed E-state index contributed by atoms with van der Waals surface area (Å²) < 4.78 is 21.4. The van der Waals surface area contributed by atoms with E-state index >= 15 is 0 Å². The van der Waals surface area contributed by atoms with Crippen LogP contribution in [-0.4, -0.2) is 45.4 Å². The molecule has 1 fully saturated rings. The Labute approximate surface area is 198 Å². The summed E-state index contributed by atoms with van der Waals surface area (Å²) in [5.41, 5.74) is 1.53. The Morgan fingerprint density at radius 3 is 2.32 bits per heavy atom. The first-order chi connectivity index (χ1) is 16.2. The third-order valence-corrected chi connectivity index (χ3v) is 5.71. The first kappa shape index (κ1) is 23.5. The summed E-state index contributed by atoms with van der Waals surface area (Å²) in [6.07, 6.45) is 2.49. The third kappa shape index (κ3) is 5.27. The zero-order valence-corrected chi connectivity index (χ0v) is 19.6. The van der Waals surface area contributed by atoms with Gasteiger partial charge < -0.3 is 15.0 Å². The number of carbonyl (C=O) groups excluding carboxylic acids is 2. The largest absolute Gasteiger partial charge is 0.444 e. The van der Waals surface area contributed by atoms with Crippen LogP contribution < -0.4 is 5.32 Å². The van der Waals surface area contributed by atoms with Crippen molar-refractivity contribution in [1.29, 1.82) is 0 Å². The summed E-state index contributed by atoms with van der Waals surface area (Å²) in [5.74, 6) is -0.932. The molecule has 0 aliphatic carbocycles. The molecule has 0 saturated carbocycles. The van der Waals surface area contributed by atoms with Crippen LogP contribution in [0.4, 0.5) is 14.9 Å². The highest BCUT2D eigenvalue weighted by molar-refractivity contribution is 6.05. The second-order valence-corrected chi connectivity index (χ2v) is 9.37. The molecule has 1 aliphatic rings. The van der Waals surface area contributed by atoms with Gasteiger partial charge in [-0.25, -0.2) is 13.9 Å². The monoisotopic (exact) mass is 464 g/mol. The van der Waals surface area contributed by atoms with E-state index in [1.165, 1.54) is 18.3 Å². The van der Waals surface area contributed by atoms with Crippen LogP contribution in [0, 0.1) is 5.82 Å². The Kier molecular flexibility index (Phi) is 6.68. The molecule has 2 aromatic carbocycles. The predicted molar refractivity (Wildman–Crippen MR) is 128 cm³/mol. The number of nitrogens with one attached hydrogen (secondary N) is 1. The van der Waals surface area contributed by atoms with Gasteiger partial charge in [0.05, 0.1) is 28.8 Å². The average molecular weight is 465 g/mol. The van der Waals surface area contributed by atoms with Gasteiger partial charge in [0.2, 0.25) is 0 Å². The highest BCUT2D eigenvalue weighted by Gasteiger charge is 2.32. The second-order valence-electron chi connectivity index (χ2n) is 9.37. The fourth-order valence-corrected chi connectivity index (χ4v) is 4.11. The maximum Gasteiger partial charge on any atom is 0.410 e. The molecule has 0 bridgehead atoms. The van der Waals surface area contributed by atoms with Crippen LogP contribution in [0.3, 0.4) is 0 Å². The molecular weight excluding hydrogens is 435 g/mol. The number of aromatic nitrogens is 2. The minimum atomic E-state index is -0.558. The van der Waals surface area contributed by atoms with Crippen LogP contribution in [0.5, 0.6) is 0 Å². The van der Waals surface area contributed by atoms with E-state index in [2.05, 4.69) is 10.4 Å². The van der Waals surface area contributed by atoms with Crippen molar-refractivity contribution in [1.82, 2.24) is 14.7 Å². The molecule has 178 valence electrons. The summed E-state index contributed by atoms with van der Waals surface area (Å²) in [4.78, 5) is 27.4. The van der Waals surface area contributed by atoms with E-state index in [9.17, 15) is 14.0 Å². The highest BCUT2D eigenvalue weighted by Crippen LogP contribution is 2.33. The van der Waals surface area contributed by atoms with Crippen molar-refractivity contribution in [3.8, 4) is 5.69 Å². The van der Waals surface area contributed by atoms with E-state index in [1.807, 2.05) is 51.1 Å². The molecule has 0 radical (unpaired) electrons. The number of ether oxygens (including phenoxy) is 1. The quantitative estimate of drug-likeness (QED) is 0.563. The Balaban J connectivity index is 1.60. The van der Waals surface area contributed by atoms with Crippen molar-refractivity contribution in [3.63, 3.8) is 0 Å². The van der Waals surface area contributed by atoms with Crippen LogP contribution in [0.1, 0.15) is 55.6 Å². The molecule has 4 rings (SSSR count). The number of para-hydroxylation sites is 2. The summed E-state index contributed by atoms with van der Waals surface area (Å²) in [6, 6.07) is 15.6. The number of anilines is 1. The van der Waals surface area contributed by atoms with Crippen LogP contribution in [0.25, 0.3) is 5.69 Å². The number of piperidine rings is 1. The van der Waals surface area contributed by atoms with Gasteiger partial charge in [-0.15, -0.1) is 0 Å². The average Bonchev–Trinajstić information content (AvgIpc) is 3.25. The first-order valence-corrected chi connectivity index (χ1v) is 11.4. The van der Waals surface area contributed by atoms with Crippen molar-refractivity contribution in [2.24, 2.45) is 0 Å². The molecule has 1 aromatic heterocycles. The van der Waals surface area contributed by atoms with Gasteiger partial charge in [-0.2, -0.15) is 5.10 Å². The minimum Gasteiger partial charge on any atom is -0.444 e. The summed E-state index contributed by atoms with van der Waals surface area (Å²) in [7, 11) is 0. The number of likely N-dealkylation sites (tertiary alicyclic amines) is 1. The summed E-state index contributed by atoms with van der Waals surface area (Å²) in [6.45, 7) is 6.55. The minimum absolute atomic E-state index is 0.0113. The van der Waals surface area contributed by atoms with Gasteiger partial charge in [0.1, 0.15) is 11.4 Å². The number of carbonyl (C=O) groups is 2.